The molecule has 9 nitrogen and oxygen atoms in total. The molecule has 3 heterocycles. The third-order valence-corrected chi connectivity index (χ3v) is 6.42. The van der Waals surface area contributed by atoms with Crippen LogP contribution < -0.4 is 10.1 Å². The Bertz CT molecular complexity index is 1010. The minimum atomic E-state index is -0.241. The van der Waals surface area contributed by atoms with Crippen molar-refractivity contribution in [2.24, 2.45) is 5.92 Å². The highest BCUT2D eigenvalue weighted by molar-refractivity contribution is 5.98. The molecule has 32 heavy (non-hydrogen) atoms. The van der Waals surface area contributed by atoms with E-state index in [9.17, 15) is 14.4 Å². The van der Waals surface area contributed by atoms with E-state index in [1.54, 1.807) is 26.1 Å². The van der Waals surface area contributed by atoms with Crippen LogP contribution in [0, 0.1) is 5.92 Å². The van der Waals surface area contributed by atoms with Crippen molar-refractivity contribution in [3.8, 4) is 17.0 Å². The zero-order valence-electron chi connectivity index (χ0n) is 18.7. The summed E-state index contributed by atoms with van der Waals surface area (Å²) < 4.78 is 5.22. The van der Waals surface area contributed by atoms with E-state index in [1.807, 2.05) is 29.2 Å². The van der Waals surface area contributed by atoms with Crippen molar-refractivity contribution in [2.75, 3.05) is 40.8 Å². The maximum atomic E-state index is 12.8. The van der Waals surface area contributed by atoms with Gasteiger partial charge >= 0.3 is 0 Å². The summed E-state index contributed by atoms with van der Waals surface area (Å²) in [6.45, 7) is 1.73. The molecular weight excluding hydrogens is 410 g/mol. The van der Waals surface area contributed by atoms with Crippen LogP contribution in [0.1, 0.15) is 41.5 Å². The number of nitrogens with zero attached hydrogens (tertiary/aromatic N) is 3. The minimum absolute atomic E-state index is 0.0293. The molecular formula is C23H29N5O4. The molecule has 2 aliphatic rings. The standard InChI is InChI=1S/C23H29N5O4/c1-24-22(30)20-19(14-4-6-17(32-3)7-5-14)25-21(26-20)15-8-10-28(11-9-15)23(31)16-12-18(29)27(2)13-16/h4-7,15-16H,8-13H2,1-3H3,(H,24,30)(H,25,26). The number of carbonyl (C=O) groups is 3. The Kier molecular flexibility index (Phi) is 6.16. The molecule has 1 atom stereocenters. The summed E-state index contributed by atoms with van der Waals surface area (Å²) in [7, 11) is 4.94. The lowest BCUT2D eigenvalue weighted by Gasteiger charge is -2.32. The van der Waals surface area contributed by atoms with Crippen molar-refractivity contribution in [2.45, 2.75) is 25.2 Å². The van der Waals surface area contributed by atoms with Crippen LogP contribution in [0.15, 0.2) is 24.3 Å². The number of benzene rings is 1. The van der Waals surface area contributed by atoms with Gasteiger partial charge < -0.3 is 24.8 Å². The molecule has 0 saturated carbocycles. The van der Waals surface area contributed by atoms with Crippen LogP contribution in [0.4, 0.5) is 0 Å². The molecule has 9 heteroatoms. The Labute approximate surface area is 187 Å². The van der Waals surface area contributed by atoms with Crippen LogP contribution in [0.3, 0.4) is 0 Å². The third-order valence-electron chi connectivity index (χ3n) is 6.42. The molecule has 0 bridgehead atoms. The van der Waals surface area contributed by atoms with Gasteiger partial charge in [0.15, 0.2) is 0 Å². The van der Waals surface area contributed by atoms with Crippen LogP contribution >= 0.6 is 0 Å². The molecule has 2 aromatic rings. The maximum Gasteiger partial charge on any atom is 0.269 e. The Morgan fingerprint density at radius 2 is 1.88 bits per heavy atom. The number of imidazole rings is 1. The van der Waals surface area contributed by atoms with Crippen LogP contribution in [0.2, 0.25) is 0 Å². The fourth-order valence-electron chi connectivity index (χ4n) is 4.49. The number of methoxy groups -OCH3 is 1. The molecule has 170 valence electrons. The number of amides is 3. The average Bonchev–Trinajstić information content (AvgIpc) is 3.42. The summed E-state index contributed by atoms with van der Waals surface area (Å²) in [6, 6.07) is 7.44. The second kappa shape index (κ2) is 9.02. The monoisotopic (exact) mass is 439 g/mol. The van der Waals surface area contributed by atoms with E-state index in [0.29, 0.717) is 37.4 Å². The Morgan fingerprint density at radius 3 is 2.44 bits per heavy atom. The number of aromatic nitrogens is 2. The lowest BCUT2D eigenvalue weighted by Crippen LogP contribution is -2.42. The molecule has 2 aliphatic heterocycles. The van der Waals surface area contributed by atoms with Crippen LogP contribution in [-0.4, -0.2) is 78.3 Å². The first-order valence-electron chi connectivity index (χ1n) is 10.9. The van der Waals surface area contributed by atoms with Crippen LogP contribution in [0.25, 0.3) is 11.3 Å². The van der Waals surface area contributed by atoms with Gasteiger partial charge in [0, 0.05) is 51.6 Å². The van der Waals surface area contributed by atoms with Crippen molar-refractivity contribution in [1.82, 2.24) is 25.1 Å². The van der Waals surface area contributed by atoms with Gasteiger partial charge in [-0.15, -0.1) is 0 Å². The highest BCUT2D eigenvalue weighted by Gasteiger charge is 2.36. The van der Waals surface area contributed by atoms with Gasteiger partial charge in [-0.05, 0) is 37.1 Å². The molecule has 1 aromatic heterocycles. The van der Waals surface area contributed by atoms with Gasteiger partial charge in [0.05, 0.1) is 13.0 Å². The zero-order chi connectivity index (χ0) is 22.8. The molecule has 2 saturated heterocycles. The quantitative estimate of drug-likeness (QED) is 0.736. The number of H-pyrrole nitrogens is 1. The van der Waals surface area contributed by atoms with E-state index in [0.717, 1.165) is 30.0 Å². The van der Waals surface area contributed by atoms with Gasteiger partial charge in [0.1, 0.15) is 23.0 Å². The van der Waals surface area contributed by atoms with Crippen molar-refractivity contribution < 1.29 is 19.1 Å². The molecule has 3 amide bonds. The van der Waals surface area contributed by atoms with E-state index < -0.39 is 0 Å². The number of aromatic amines is 1. The zero-order valence-corrected chi connectivity index (χ0v) is 18.7. The molecule has 0 radical (unpaired) electrons. The van der Waals surface area contributed by atoms with Crippen molar-refractivity contribution in [3.05, 3.63) is 35.8 Å². The minimum Gasteiger partial charge on any atom is -0.497 e. The number of ether oxygens (including phenoxy) is 1. The SMILES string of the molecule is CNC(=O)c1[nH]c(C2CCN(C(=O)C3CC(=O)N(C)C3)CC2)nc1-c1ccc(OC)cc1. The van der Waals surface area contributed by atoms with E-state index in [1.165, 1.54) is 0 Å². The lowest BCUT2D eigenvalue weighted by atomic mass is 9.95. The number of carbonyl (C=O) groups excluding carboxylic acids is 3. The van der Waals surface area contributed by atoms with Crippen molar-refractivity contribution >= 4 is 17.7 Å². The fourth-order valence-corrected chi connectivity index (χ4v) is 4.49. The highest BCUT2D eigenvalue weighted by Crippen LogP contribution is 2.32. The Morgan fingerprint density at radius 1 is 1.19 bits per heavy atom. The molecule has 4 rings (SSSR count). The number of hydrogen-bond acceptors (Lipinski definition) is 5. The summed E-state index contributed by atoms with van der Waals surface area (Å²) in [5.41, 5.74) is 1.86. The largest absolute Gasteiger partial charge is 0.497 e. The third kappa shape index (κ3) is 4.19. The van der Waals surface area contributed by atoms with E-state index >= 15 is 0 Å². The van der Waals surface area contributed by atoms with Crippen LogP contribution in [0.5, 0.6) is 5.75 Å². The summed E-state index contributed by atoms with van der Waals surface area (Å²) >= 11 is 0. The van der Waals surface area contributed by atoms with Gasteiger partial charge in [-0.3, -0.25) is 14.4 Å². The predicted molar refractivity (Wildman–Crippen MR) is 118 cm³/mol. The summed E-state index contributed by atoms with van der Waals surface area (Å²) in [5, 5.41) is 2.67. The van der Waals surface area contributed by atoms with Gasteiger partial charge in [-0.25, -0.2) is 4.98 Å². The average molecular weight is 440 g/mol. The number of nitrogens with one attached hydrogen (secondary N) is 2. The second-order valence-electron chi connectivity index (χ2n) is 8.43. The molecule has 1 aromatic carbocycles. The molecule has 2 N–H and O–H groups in total. The summed E-state index contributed by atoms with van der Waals surface area (Å²) in [4.78, 5) is 48.6. The smallest absolute Gasteiger partial charge is 0.269 e. The van der Waals surface area contributed by atoms with E-state index in [-0.39, 0.29) is 29.6 Å². The molecule has 0 spiro atoms. The number of rotatable bonds is 5. The molecule has 2 fully saturated rings. The van der Waals surface area contributed by atoms with Gasteiger partial charge in [-0.2, -0.15) is 0 Å². The normalized spacial score (nSPS) is 19.3. The Balaban J connectivity index is 1.48. The van der Waals surface area contributed by atoms with Crippen molar-refractivity contribution in [1.29, 1.82) is 0 Å². The Hall–Kier alpha value is -3.36. The van der Waals surface area contributed by atoms with E-state index in [4.69, 9.17) is 9.72 Å². The van der Waals surface area contributed by atoms with Crippen LogP contribution in [-0.2, 0) is 9.59 Å². The molecule has 0 aliphatic carbocycles. The summed E-state index contributed by atoms with van der Waals surface area (Å²) in [5.74, 6) is 1.25. The predicted octanol–water partition coefficient (Wildman–Crippen LogP) is 1.63. The molecule has 1 unspecified atom stereocenters. The van der Waals surface area contributed by atoms with Gasteiger partial charge in [0.25, 0.3) is 5.91 Å². The first kappa shape index (κ1) is 21.9. The topological polar surface area (TPSA) is 108 Å². The first-order chi connectivity index (χ1) is 15.4. The van der Waals surface area contributed by atoms with E-state index in [2.05, 4.69) is 10.3 Å². The number of piperidine rings is 1. The lowest BCUT2D eigenvalue weighted by molar-refractivity contribution is -0.136. The number of hydrogen-bond donors (Lipinski definition) is 2. The van der Waals surface area contributed by atoms with Gasteiger partial charge in [-0.1, -0.05) is 0 Å². The fraction of sp³-hybridized carbons (Fsp3) is 0.478. The first-order valence-corrected chi connectivity index (χ1v) is 10.9. The summed E-state index contributed by atoms with van der Waals surface area (Å²) in [6.07, 6.45) is 1.81. The highest BCUT2D eigenvalue weighted by atomic mass is 16.5. The van der Waals surface area contributed by atoms with Gasteiger partial charge in [0.2, 0.25) is 11.8 Å². The second-order valence-corrected chi connectivity index (χ2v) is 8.43. The number of likely N-dealkylation sites (tertiary alicyclic amines) is 2. The van der Waals surface area contributed by atoms with Crippen molar-refractivity contribution in [3.63, 3.8) is 0 Å². The maximum absolute atomic E-state index is 12.8.